The quantitative estimate of drug-likeness (QED) is 0.690. The van der Waals surface area contributed by atoms with Crippen LogP contribution in [0.1, 0.15) is 44.2 Å². The zero-order valence-corrected chi connectivity index (χ0v) is 13.6. The molecule has 0 saturated carbocycles. The van der Waals surface area contributed by atoms with Crippen LogP contribution >= 0.6 is 0 Å². The van der Waals surface area contributed by atoms with E-state index >= 15 is 0 Å². The number of nitrogens with one attached hydrogen (secondary N) is 2. The topological polar surface area (TPSA) is 61.4 Å². The molecular weight excluding hydrogens is 264 g/mol. The lowest BCUT2D eigenvalue weighted by Gasteiger charge is -2.19. The maximum Gasteiger partial charge on any atom is 0.225 e. The predicted molar refractivity (Wildman–Crippen MR) is 87.5 cm³/mol. The van der Waals surface area contributed by atoms with Gasteiger partial charge in [0.25, 0.3) is 0 Å². The standard InChI is InChI=1S/C17H28N2O2/c1-12-7-8-16(13(2)10-12)19-17(21)11-15(4)18-14(3)6-5-9-20/h7-8,10,14-15,18,20H,5-6,9,11H2,1-4H3,(H,19,21). The van der Waals surface area contributed by atoms with E-state index in [1.54, 1.807) is 0 Å². The van der Waals surface area contributed by atoms with Gasteiger partial charge in [0.15, 0.2) is 0 Å². The molecule has 0 aliphatic heterocycles. The lowest BCUT2D eigenvalue weighted by Crippen LogP contribution is -2.37. The summed E-state index contributed by atoms with van der Waals surface area (Å²) in [5.74, 6) is 0.0244. The van der Waals surface area contributed by atoms with Gasteiger partial charge in [0.1, 0.15) is 0 Å². The molecule has 3 N–H and O–H groups in total. The third-order valence-electron chi connectivity index (χ3n) is 3.51. The summed E-state index contributed by atoms with van der Waals surface area (Å²) in [7, 11) is 0. The summed E-state index contributed by atoms with van der Waals surface area (Å²) < 4.78 is 0. The van der Waals surface area contributed by atoms with Crippen molar-refractivity contribution in [1.82, 2.24) is 5.32 Å². The van der Waals surface area contributed by atoms with Crippen molar-refractivity contribution in [2.24, 2.45) is 0 Å². The molecule has 0 aliphatic carbocycles. The van der Waals surface area contributed by atoms with E-state index in [1.165, 1.54) is 5.56 Å². The van der Waals surface area contributed by atoms with Crippen molar-refractivity contribution in [2.75, 3.05) is 11.9 Å². The first-order valence-corrected chi connectivity index (χ1v) is 7.66. The average Bonchev–Trinajstić information content (AvgIpc) is 2.39. The van der Waals surface area contributed by atoms with Crippen LogP contribution in [0.15, 0.2) is 18.2 Å². The van der Waals surface area contributed by atoms with Gasteiger partial charge in [-0.25, -0.2) is 0 Å². The molecule has 1 aromatic carbocycles. The highest BCUT2D eigenvalue weighted by molar-refractivity contribution is 5.91. The number of aliphatic hydroxyl groups excluding tert-OH is 1. The van der Waals surface area contributed by atoms with Gasteiger partial charge in [-0.05, 0) is 52.2 Å². The normalized spacial score (nSPS) is 13.8. The van der Waals surface area contributed by atoms with Crippen molar-refractivity contribution in [3.63, 3.8) is 0 Å². The minimum atomic E-state index is 0.0244. The van der Waals surface area contributed by atoms with E-state index in [2.05, 4.69) is 23.6 Å². The molecular formula is C17H28N2O2. The van der Waals surface area contributed by atoms with Gasteiger partial charge in [-0.15, -0.1) is 0 Å². The molecule has 0 aromatic heterocycles. The van der Waals surface area contributed by atoms with E-state index in [9.17, 15) is 4.79 Å². The summed E-state index contributed by atoms with van der Waals surface area (Å²) in [6.45, 7) is 8.35. The van der Waals surface area contributed by atoms with Crippen LogP contribution in [0.2, 0.25) is 0 Å². The number of aliphatic hydroxyl groups is 1. The van der Waals surface area contributed by atoms with Gasteiger partial charge in [0.05, 0.1) is 0 Å². The van der Waals surface area contributed by atoms with Crippen LogP contribution in [0.25, 0.3) is 0 Å². The first-order chi connectivity index (χ1) is 9.92. The Balaban J connectivity index is 2.42. The van der Waals surface area contributed by atoms with Gasteiger partial charge in [-0.3, -0.25) is 4.79 Å². The molecule has 0 fully saturated rings. The SMILES string of the molecule is Cc1ccc(NC(=O)CC(C)NC(C)CCCO)c(C)c1. The van der Waals surface area contributed by atoms with Gasteiger partial charge in [0.2, 0.25) is 5.91 Å². The van der Waals surface area contributed by atoms with Gasteiger partial charge in [-0.1, -0.05) is 17.7 Å². The number of amides is 1. The molecule has 1 rings (SSSR count). The van der Waals surface area contributed by atoms with Gasteiger partial charge < -0.3 is 15.7 Å². The van der Waals surface area contributed by atoms with Crippen molar-refractivity contribution < 1.29 is 9.90 Å². The Labute approximate surface area is 128 Å². The number of hydrogen-bond acceptors (Lipinski definition) is 3. The number of carbonyl (C=O) groups excluding carboxylic acids is 1. The highest BCUT2D eigenvalue weighted by atomic mass is 16.2. The van der Waals surface area contributed by atoms with Crippen LogP contribution in [-0.4, -0.2) is 29.7 Å². The van der Waals surface area contributed by atoms with Crippen molar-refractivity contribution in [3.05, 3.63) is 29.3 Å². The Morgan fingerprint density at radius 2 is 1.95 bits per heavy atom. The second kappa shape index (κ2) is 8.80. The zero-order chi connectivity index (χ0) is 15.8. The molecule has 1 amide bonds. The lowest BCUT2D eigenvalue weighted by molar-refractivity contribution is -0.116. The van der Waals surface area contributed by atoms with Gasteiger partial charge >= 0.3 is 0 Å². The summed E-state index contributed by atoms with van der Waals surface area (Å²) in [6, 6.07) is 6.44. The number of benzene rings is 1. The molecule has 0 radical (unpaired) electrons. The smallest absolute Gasteiger partial charge is 0.225 e. The van der Waals surface area contributed by atoms with Crippen LogP contribution in [0.3, 0.4) is 0 Å². The predicted octanol–water partition coefficient (Wildman–Crippen LogP) is 2.77. The van der Waals surface area contributed by atoms with E-state index in [0.717, 1.165) is 24.1 Å². The average molecular weight is 292 g/mol. The van der Waals surface area contributed by atoms with Crippen LogP contribution in [-0.2, 0) is 4.79 Å². The molecule has 2 unspecified atom stereocenters. The number of aryl methyl sites for hydroxylation is 2. The summed E-state index contributed by atoms with van der Waals surface area (Å²) in [4.78, 5) is 12.1. The zero-order valence-electron chi connectivity index (χ0n) is 13.6. The second-order valence-electron chi connectivity index (χ2n) is 5.91. The van der Waals surface area contributed by atoms with Crippen molar-refractivity contribution in [2.45, 2.75) is 59.0 Å². The maximum atomic E-state index is 12.1. The van der Waals surface area contributed by atoms with E-state index in [-0.39, 0.29) is 18.6 Å². The number of carbonyl (C=O) groups is 1. The minimum absolute atomic E-state index is 0.0244. The fraction of sp³-hybridized carbons (Fsp3) is 0.588. The van der Waals surface area contributed by atoms with Gasteiger partial charge in [0, 0.05) is 30.8 Å². The Kier molecular flexibility index (Phi) is 7.40. The molecule has 118 valence electrons. The van der Waals surface area contributed by atoms with E-state index in [0.29, 0.717) is 12.5 Å². The number of hydrogen-bond donors (Lipinski definition) is 3. The Bertz CT molecular complexity index is 460. The molecule has 0 spiro atoms. The molecule has 0 bridgehead atoms. The van der Waals surface area contributed by atoms with E-state index in [4.69, 9.17) is 5.11 Å². The highest BCUT2D eigenvalue weighted by Gasteiger charge is 2.12. The summed E-state index contributed by atoms with van der Waals surface area (Å²) in [6.07, 6.45) is 2.14. The molecule has 2 atom stereocenters. The molecule has 0 aliphatic rings. The first-order valence-electron chi connectivity index (χ1n) is 7.66. The third-order valence-corrected chi connectivity index (χ3v) is 3.51. The first kappa shape index (κ1) is 17.7. The molecule has 21 heavy (non-hydrogen) atoms. The van der Waals surface area contributed by atoms with E-state index in [1.807, 2.05) is 32.9 Å². The number of rotatable bonds is 8. The minimum Gasteiger partial charge on any atom is -0.396 e. The van der Waals surface area contributed by atoms with Crippen molar-refractivity contribution in [1.29, 1.82) is 0 Å². The van der Waals surface area contributed by atoms with Crippen LogP contribution < -0.4 is 10.6 Å². The van der Waals surface area contributed by atoms with Crippen LogP contribution in [0, 0.1) is 13.8 Å². The molecule has 4 heteroatoms. The second-order valence-corrected chi connectivity index (χ2v) is 5.91. The fourth-order valence-electron chi connectivity index (χ4n) is 2.46. The summed E-state index contributed by atoms with van der Waals surface area (Å²) in [5.41, 5.74) is 3.16. The Morgan fingerprint density at radius 1 is 1.24 bits per heavy atom. The molecule has 0 saturated heterocycles. The third kappa shape index (κ3) is 6.74. The molecule has 0 heterocycles. The Hall–Kier alpha value is -1.39. The Morgan fingerprint density at radius 3 is 2.57 bits per heavy atom. The van der Waals surface area contributed by atoms with Gasteiger partial charge in [-0.2, -0.15) is 0 Å². The van der Waals surface area contributed by atoms with Crippen LogP contribution in [0.4, 0.5) is 5.69 Å². The van der Waals surface area contributed by atoms with E-state index < -0.39 is 0 Å². The highest BCUT2D eigenvalue weighted by Crippen LogP contribution is 2.16. The summed E-state index contributed by atoms with van der Waals surface area (Å²) in [5, 5.41) is 15.2. The largest absolute Gasteiger partial charge is 0.396 e. The van der Waals surface area contributed by atoms with Crippen LogP contribution in [0.5, 0.6) is 0 Å². The number of anilines is 1. The fourth-order valence-corrected chi connectivity index (χ4v) is 2.46. The monoisotopic (exact) mass is 292 g/mol. The van der Waals surface area contributed by atoms with Crippen molar-refractivity contribution in [3.8, 4) is 0 Å². The molecule has 4 nitrogen and oxygen atoms in total. The molecule has 1 aromatic rings. The lowest BCUT2D eigenvalue weighted by atomic mass is 10.1. The maximum absolute atomic E-state index is 12.1. The van der Waals surface area contributed by atoms with Crippen molar-refractivity contribution >= 4 is 11.6 Å². The summed E-state index contributed by atoms with van der Waals surface area (Å²) >= 11 is 0.